The number of anilines is 1. The number of aromatic nitrogens is 1. The van der Waals surface area contributed by atoms with Crippen molar-refractivity contribution < 1.29 is 28.3 Å². The normalized spacial score (nSPS) is 22.8. The number of carbonyl (C=O) groups excluding carboxylic acids is 4. The van der Waals surface area contributed by atoms with Crippen molar-refractivity contribution in [2.45, 2.75) is 19.3 Å². The van der Waals surface area contributed by atoms with E-state index in [1.165, 1.54) is 29.2 Å². The number of para-hydroxylation sites is 1. The second-order valence-corrected chi connectivity index (χ2v) is 11.0. The van der Waals surface area contributed by atoms with E-state index < -0.39 is 24.2 Å². The van der Waals surface area contributed by atoms with Crippen LogP contribution >= 0.6 is 0 Å². The summed E-state index contributed by atoms with van der Waals surface area (Å²) in [6.45, 7) is -0.493. The molecule has 2 heterocycles. The summed E-state index contributed by atoms with van der Waals surface area (Å²) in [6, 6.07) is 20.8. The van der Waals surface area contributed by atoms with Crippen LogP contribution in [0.2, 0.25) is 0 Å². The van der Waals surface area contributed by atoms with E-state index in [9.17, 15) is 23.6 Å². The van der Waals surface area contributed by atoms with E-state index in [2.05, 4.69) is 0 Å². The molecular formula is C33H25FN2O5. The largest absolute Gasteiger partial charge is 0.454 e. The minimum absolute atomic E-state index is 0.0935. The lowest BCUT2D eigenvalue weighted by atomic mass is 9.81. The molecule has 4 aromatic rings. The molecule has 4 atom stereocenters. The van der Waals surface area contributed by atoms with Gasteiger partial charge in [0.15, 0.2) is 12.4 Å². The zero-order chi connectivity index (χ0) is 28.2. The second-order valence-electron chi connectivity index (χ2n) is 11.0. The summed E-state index contributed by atoms with van der Waals surface area (Å²) in [7, 11) is 0. The Bertz CT molecular complexity index is 1710. The van der Waals surface area contributed by atoms with Crippen molar-refractivity contribution in [1.82, 2.24) is 4.98 Å². The first-order valence-corrected chi connectivity index (χ1v) is 13.7. The summed E-state index contributed by atoms with van der Waals surface area (Å²) in [4.78, 5) is 58.1. The number of nitrogens with zero attached hydrogens (tertiary/aromatic N) is 2. The number of amides is 2. The fraction of sp³-hybridized carbons (Fsp3) is 0.242. The van der Waals surface area contributed by atoms with Gasteiger partial charge in [-0.2, -0.15) is 0 Å². The molecule has 0 unspecified atom stereocenters. The lowest BCUT2D eigenvalue weighted by Gasteiger charge is -2.19. The van der Waals surface area contributed by atoms with Crippen LogP contribution in [0.4, 0.5) is 10.1 Å². The lowest BCUT2D eigenvalue weighted by Crippen LogP contribution is -2.32. The van der Waals surface area contributed by atoms with Gasteiger partial charge >= 0.3 is 5.97 Å². The second kappa shape index (κ2) is 9.73. The van der Waals surface area contributed by atoms with Crippen LogP contribution in [0.1, 0.15) is 40.0 Å². The summed E-state index contributed by atoms with van der Waals surface area (Å²) in [6.07, 6.45) is 3.03. The highest BCUT2D eigenvalue weighted by molar-refractivity contribution is 6.22. The monoisotopic (exact) mass is 548 g/mol. The Labute approximate surface area is 234 Å². The topological polar surface area (TPSA) is 93.6 Å². The Hall–Kier alpha value is -4.72. The van der Waals surface area contributed by atoms with Crippen molar-refractivity contribution in [1.29, 1.82) is 0 Å². The van der Waals surface area contributed by atoms with E-state index in [0.29, 0.717) is 39.7 Å². The van der Waals surface area contributed by atoms with Gasteiger partial charge in [0.1, 0.15) is 5.82 Å². The molecule has 8 heteroatoms. The number of hydrogen-bond acceptors (Lipinski definition) is 6. The molecule has 1 aromatic heterocycles. The number of benzene rings is 3. The molecule has 0 N–H and O–H groups in total. The molecule has 2 saturated carbocycles. The van der Waals surface area contributed by atoms with Crippen molar-refractivity contribution in [3.05, 3.63) is 95.8 Å². The predicted molar refractivity (Wildman–Crippen MR) is 148 cm³/mol. The van der Waals surface area contributed by atoms with Crippen molar-refractivity contribution in [2.75, 3.05) is 11.5 Å². The summed E-state index contributed by atoms with van der Waals surface area (Å²) in [5.74, 6) is -1.53. The van der Waals surface area contributed by atoms with Gasteiger partial charge in [0.2, 0.25) is 11.8 Å². The average Bonchev–Trinajstić information content (AvgIpc) is 3.69. The molecule has 7 rings (SSSR count). The van der Waals surface area contributed by atoms with Crippen LogP contribution < -0.4 is 4.90 Å². The van der Waals surface area contributed by atoms with Crippen LogP contribution in [0.15, 0.2) is 78.9 Å². The number of Topliss-reactive ketones (excluding diaryl/α,β-unsaturated/α-hetero) is 1. The van der Waals surface area contributed by atoms with Gasteiger partial charge in [-0.05, 0) is 79.6 Å². The third kappa shape index (κ3) is 4.22. The molecule has 41 heavy (non-hydrogen) atoms. The number of carbonyl (C=O) groups is 4. The maximum Gasteiger partial charge on any atom is 0.339 e. The maximum atomic E-state index is 13.2. The van der Waals surface area contributed by atoms with Crippen molar-refractivity contribution in [3.63, 3.8) is 0 Å². The SMILES string of the molecule is O=C(COC(=O)c1cc(-c2ccc(N3C(=O)[C@H]4[C@H]5CC[C@@H](C5)[C@@H]4C3=O)cc2)nc2ccccc12)c1ccc(F)cc1. The first kappa shape index (κ1) is 25.3. The van der Waals surface area contributed by atoms with Gasteiger partial charge in [-0.25, -0.2) is 14.2 Å². The van der Waals surface area contributed by atoms with Gasteiger partial charge in [0.05, 0.1) is 34.3 Å². The van der Waals surface area contributed by atoms with Gasteiger partial charge < -0.3 is 4.74 Å². The standard InChI is InChI=1S/C33H25FN2O5/c34-22-11-7-19(8-12-22)28(37)17-41-33(40)25-16-27(35-26-4-2-1-3-24(25)26)18-9-13-23(14-10-18)36-31(38)29-20-5-6-21(15-20)30(29)32(36)39/h1-4,7-14,16,20-21,29-30H,5-6,15,17H2/t20-,21-,29-,30-/m0/s1. The molecular weight excluding hydrogens is 523 g/mol. The molecule has 2 amide bonds. The van der Waals surface area contributed by atoms with Crippen molar-refractivity contribution in [2.24, 2.45) is 23.7 Å². The zero-order valence-corrected chi connectivity index (χ0v) is 22.0. The number of pyridine rings is 1. The number of fused-ring (bicyclic) bond motifs is 6. The lowest BCUT2D eigenvalue weighted by molar-refractivity contribution is -0.123. The molecule has 1 aliphatic heterocycles. The highest BCUT2D eigenvalue weighted by Gasteiger charge is 2.61. The van der Waals surface area contributed by atoms with Crippen LogP contribution in [0, 0.1) is 29.5 Å². The van der Waals surface area contributed by atoms with E-state index in [4.69, 9.17) is 9.72 Å². The fourth-order valence-corrected chi connectivity index (χ4v) is 6.86. The highest BCUT2D eigenvalue weighted by Crippen LogP contribution is 2.56. The van der Waals surface area contributed by atoms with Gasteiger partial charge in [0.25, 0.3) is 0 Å². The van der Waals surface area contributed by atoms with Gasteiger partial charge in [-0.3, -0.25) is 19.3 Å². The van der Waals surface area contributed by atoms with Gasteiger partial charge in [-0.15, -0.1) is 0 Å². The van der Waals surface area contributed by atoms with E-state index in [1.54, 1.807) is 48.5 Å². The Balaban J connectivity index is 1.14. The number of ether oxygens (including phenoxy) is 1. The molecule has 2 bridgehead atoms. The molecule has 7 nitrogen and oxygen atoms in total. The first-order valence-electron chi connectivity index (χ1n) is 13.7. The smallest absolute Gasteiger partial charge is 0.339 e. The average molecular weight is 549 g/mol. The summed E-state index contributed by atoms with van der Waals surface area (Å²) < 4.78 is 18.5. The Morgan fingerprint density at radius 3 is 2.22 bits per heavy atom. The van der Waals surface area contributed by atoms with Crippen molar-refractivity contribution >= 4 is 40.2 Å². The summed E-state index contributed by atoms with van der Waals surface area (Å²) in [5, 5.41) is 0.571. The molecule has 2 aliphatic carbocycles. The summed E-state index contributed by atoms with van der Waals surface area (Å²) in [5.41, 5.74) is 2.79. The van der Waals surface area contributed by atoms with Gasteiger partial charge in [-0.1, -0.05) is 30.3 Å². The molecule has 0 radical (unpaired) electrons. The molecule has 3 aliphatic rings. The minimum Gasteiger partial charge on any atom is -0.454 e. The first-order chi connectivity index (χ1) is 19.9. The number of hydrogen-bond donors (Lipinski definition) is 0. The highest BCUT2D eigenvalue weighted by atomic mass is 19.1. The third-order valence-electron chi connectivity index (χ3n) is 8.79. The third-order valence-corrected chi connectivity index (χ3v) is 8.79. The maximum absolute atomic E-state index is 13.2. The van der Waals surface area contributed by atoms with E-state index in [1.807, 2.05) is 6.07 Å². The Kier molecular flexibility index (Phi) is 5.99. The van der Waals surface area contributed by atoms with Crippen LogP contribution in [0.5, 0.6) is 0 Å². The van der Waals surface area contributed by atoms with Crippen LogP contribution in [-0.2, 0) is 14.3 Å². The minimum atomic E-state index is -0.689. The predicted octanol–water partition coefficient (Wildman–Crippen LogP) is 5.62. The fourth-order valence-electron chi connectivity index (χ4n) is 6.86. The van der Waals surface area contributed by atoms with Crippen molar-refractivity contribution in [3.8, 4) is 11.3 Å². The number of imide groups is 1. The molecule has 3 aromatic carbocycles. The van der Waals surface area contributed by atoms with Crippen LogP contribution in [0.25, 0.3) is 22.2 Å². The molecule has 1 saturated heterocycles. The van der Waals surface area contributed by atoms with E-state index in [0.717, 1.165) is 19.3 Å². The zero-order valence-electron chi connectivity index (χ0n) is 22.0. The van der Waals surface area contributed by atoms with Gasteiger partial charge in [0, 0.05) is 16.5 Å². The van der Waals surface area contributed by atoms with Crippen LogP contribution in [-0.4, -0.2) is 35.2 Å². The molecule has 0 spiro atoms. The Morgan fingerprint density at radius 1 is 0.878 bits per heavy atom. The van der Waals surface area contributed by atoms with E-state index in [-0.39, 0.29) is 34.8 Å². The summed E-state index contributed by atoms with van der Waals surface area (Å²) >= 11 is 0. The number of rotatable bonds is 6. The number of esters is 1. The number of ketones is 1. The number of halogens is 1. The van der Waals surface area contributed by atoms with Crippen LogP contribution in [0.3, 0.4) is 0 Å². The molecule has 3 fully saturated rings. The Morgan fingerprint density at radius 2 is 1.54 bits per heavy atom. The molecule has 204 valence electrons. The van der Waals surface area contributed by atoms with E-state index >= 15 is 0 Å². The quantitative estimate of drug-likeness (QED) is 0.177.